The smallest absolute Gasteiger partial charge is 0.220 e. The summed E-state index contributed by atoms with van der Waals surface area (Å²) in [5.74, 6) is 2.36. The molecular formula is C24H33NO4. The van der Waals surface area contributed by atoms with Gasteiger partial charge < -0.3 is 19.5 Å². The van der Waals surface area contributed by atoms with E-state index >= 15 is 0 Å². The molecule has 5 heteroatoms. The first-order valence-corrected chi connectivity index (χ1v) is 10.3. The Kier molecular flexibility index (Phi) is 8.84. The number of benzene rings is 2. The molecule has 1 amide bonds. The summed E-state index contributed by atoms with van der Waals surface area (Å²) in [4.78, 5) is 12.6. The third-order valence-corrected chi connectivity index (χ3v) is 4.81. The lowest BCUT2D eigenvalue weighted by Gasteiger charge is -2.19. The highest BCUT2D eigenvalue weighted by molar-refractivity contribution is 5.76. The molecule has 0 aliphatic heterocycles. The number of nitrogens with one attached hydrogen (secondary N) is 1. The van der Waals surface area contributed by atoms with Gasteiger partial charge in [0.15, 0.2) is 11.5 Å². The minimum Gasteiger partial charge on any atom is -0.496 e. The maximum atomic E-state index is 12.6. The van der Waals surface area contributed by atoms with Gasteiger partial charge in [-0.2, -0.15) is 0 Å². The Labute approximate surface area is 174 Å². The minimum absolute atomic E-state index is 0.00794. The van der Waals surface area contributed by atoms with Crippen LogP contribution in [0.25, 0.3) is 0 Å². The molecule has 5 nitrogen and oxygen atoms in total. The Morgan fingerprint density at radius 2 is 1.66 bits per heavy atom. The predicted molar refractivity (Wildman–Crippen MR) is 116 cm³/mol. The number of methoxy groups -OCH3 is 1. The van der Waals surface area contributed by atoms with E-state index in [0.29, 0.717) is 26.1 Å². The van der Waals surface area contributed by atoms with Gasteiger partial charge >= 0.3 is 0 Å². The second kappa shape index (κ2) is 11.3. The van der Waals surface area contributed by atoms with Crippen LogP contribution in [0, 0.1) is 6.92 Å². The monoisotopic (exact) mass is 399 g/mol. The summed E-state index contributed by atoms with van der Waals surface area (Å²) in [5, 5.41) is 3.15. The molecule has 158 valence electrons. The Morgan fingerprint density at radius 3 is 2.28 bits per heavy atom. The van der Waals surface area contributed by atoms with E-state index in [9.17, 15) is 4.79 Å². The van der Waals surface area contributed by atoms with Crippen molar-refractivity contribution in [3.05, 3.63) is 53.1 Å². The molecular weight excluding hydrogens is 366 g/mol. The summed E-state index contributed by atoms with van der Waals surface area (Å²) in [5.41, 5.74) is 3.22. The summed E-state index contributed by atoms with van der Waals surface area (Å²) in [6, 6.07) is 11.9. The van der Waals surface area contributed by atoms with Gasteiger partial charge in [-0.3, -0.25) is 4.79 Å². The van der Waals surface area contributed by atoms with Crippen LogP contribution in [-0.2, 0) is 11.2 Å². The molecule has 0 saturated carbocycles. The fourth-order valence-corrected chi connectivity index (χ4v) is 3.31. The lowest BCUT2D eigenvalue weighted by molar-refractivity contribution is -0.121. The first-order valence-electron chi connectivity index (χ1n) is 10.3. The summed E-state index contributed by atoms with van der Waals surface area (Å²) in [6.45, 7) is 9.14. The second-order valence-corrected chi connectivity index (χ2v) is 6.90. The van der Waals surface area contributed by atoms with Crippen LogP contribution in [0.5, 0.6) is 17.2 Å². The molecule has 0 aromatic heterocycles. The SMILES string of the molecule is CCOc1ccc(CCC(=O)N[C@@H](CC)c2ccc(OC)c(C)c2)cc1OCC. The third-order valence-electron chi connectivity index (χ3n) is 4.81. The predicted octanol–water partition coefficient (Wildman–Crippen LogP) is 5.00. The largest absolute Gasteiger partial charge is 0.496 e. The number of carbonyl (C=O) groups is 1. The van der Waals surface area contributed by atoms with Crippen molar-refractivity contribution in [1.82, 2.24) is 5.32 Å². The molecule has 0 heterocycles. The number of aryl methyl sites for hydroxylation is 2. The fourth-order valence-electron chi connectivity index (χ4n) is 3.31. The van der Waals surface area contributed by atoms with E-state index < -0.39 is 0 Å². The van der Waals surface area contributed by atoms with E-state index in [0.717, 1.165) is 40.4 Å². The van der Waals surface area contributed by atoms with Gasteiger partial charge in [-0.15, -0.1) is 0 Å². The molecule has 0 aliphatic rings. The lowest BCUT2D eigenvalue weighted by atomic mass is 10.0. The highest BCUT2D eigenvalue weighted by Gasteiger charge is 2.14. The van der Waals surface area contributed by atoms with E-state index in [1.54, 1.807) is 7.11 Å². The average molecular weight is 400 g/mol. The van der Waals surface area contributed by atoms with Gasteiger partial charge in [0, 0.05) is 6.42 Å². The Hall–Kier alpha value is -2.69. The summed E-state index contributed by atoms with van der Waals surface area (Å²) in [7, 11) is 1.67. The Balaban J connectivity index is 1.99. The molecule has 0 unspecified atom stereocenters. The van der Waals surface area contributed by atoms with Gasteiger partial charge in [0.05, 0.1) is 26.4 Å². The topological polar surface area (TPSA) is 56.8 Å². The summed E-state index contributed by atoms with van der Waals surface area (Å²) < 4.78 is 16.6. The van der Waals surface area contributed by atoms with Crippen molar-refractivity contribution >= 4 is 5.91 Å². The van der Waals surface area contributed by atoms with Gasteiger partial charge in [0.1, 0.15) is 5.75 Å². The van der Waals surface area contributed by atoms with Gasteiger partial charge in [-0.05, 0) is 68.5 Å². The summed E-state index contributed by atoms with van der Waals surface area (Å²) in [6.07, 6.45) is 1.90. The van der Waals surface area contributed by atoms with Crippen LogP contribution in [0.15, 0.2) is 36.4 Å². The molecule has 2 aromatic carbocycles. The number of amides is 1. The number of hydrogen-bond donors (Lipinski definition) is 1. The standard InChI is InChI=1S/C24H33NO4/c1-6-20(19-11-13-21(27-5)17(4)15-19)25-24(26)14-10-18-9-12-22(28-7-2)23(16-18)29-8-3/h9,11-13,15-16,20H,6-8,10,14H2,1-5H3,(H,25,26)/t20-/m0/s1. The molecule has 0 saturated heterocycles. The lowest BCUT2D eigenvalue weighted by Crippen LogP contribution is -2.28. The van der Waals surface area contributed by atoms with Crippen molar-refractivity contribution in [1.29, 1.82) is 0 Å². The molecule has 0 aliphatic carbocycles. The van der Waals surface area contributed by atoms with E-state index in [2.05, 4.69) is 18.3 Å². The number of carbonyl (C=O) groups excluding carboxylic acids is 1. The normalized spacial score (nSPS) is 11.6. The molecule has 2 aromatic rings. The van der Waals surface area contributed by atoms with Crippen LogP contribution in [0.3, 0.4) is 0 Å². The van der Waals surface area contributed by atoms with E-state index in [1.807, 2.05) is 51.1 Å². The van der Waals surface area contributed by atoms with Crippen LogP contribution in [0.2, 0.25) is 0 Å². The van der Waals surface area contributed by atoms with Gasteiger partial charge in [0.25, 0.3) is 0 Å². The zero-order chi connectivity index (χ0) is 21.2. The maximum absolute atomic E-state index is 12.6. The van der Waals surface area contributed by atoms with Gasteiger partial charge in [-0.25, -0.2) is 0 Å². The van der Waals surface area contributed by atoms with Crippen LogP contribution in [0.1, 0.15) is 56.3 Å². The zero-order valence-electron chi connectivity index (χ0n) is 18.2. The molecule has 0 bridgehead atoms. The van der Waals surface area contributed by atoms with Gasteiger partial charge in [0.2, 0.25) is 5.91 Å². The molecule has 1 N–H and O–H groups in total. The van der Waals surface area contributed by atoms with Crippen molar-refractivity contribution < 1.29 is 19.0 Å². The van der Waals surface area contributed by atoms with Crippen molar-refractivity contribution in [2.45, 2.75) is 53.0 Å². The average Bonchev–Trinajstić information content (AvgIpc) is 2.72. The van der Waals surface area contributed by atoms with Crippen LogP contribution < -0.4 is 19.5 Å². The minimum atomic E-state index is -0.00794. The van der Waals surface area contributed by atoms with E-state index in [4.69, 9.17) is 14.2 Å². The van der Waals surface area contributed by atoms with Crippen molar-refractivity contribution in [3.63, 3.8) is 0 Å². The Bertz CT molecular complexity index is 803. The number of rotatable bonds is 11. The summed E-state index contributed by atoms with van der Waals surface area (Å²) >= 11 is 0. The molecule has 0 radical (unpaired) electrons. The van der Waals surface area contributed by atoms with E-state index in [1.165, 1.54) is 0 Å². The van der Waals surface area contributed by atoms with Gasteiger partial charge in [-0.1, -0.05) is 25.1 Å². The van der Waals surface area contributed by atoms with Crippen molar-refractivity contribution in [3.8, 4) is 17.2 Å². The van der Waals surface area contributed by atoms with Crippen LogP contribution in [-0.4, -0.2) is 26.2 Å². The molecule has 0 fully saturated rings. The van der Waals surface area contributed by atoms with Crippen LogP contribution >= 0.6 is 0 Å². The van der Waals surface area contributed by atoms with E-state index in [-0.39, 0.29) is 11.9 Å². The first kappa shape index (κ1) is 22.6. The zero-order valence-corrected chi connectivity index (χ0v) is 18.2. The maximum Gasteiger partial charge on any atom is 0.220 e. The third kappa shape index (κ3) is 6.41. The Morgan fingerprint density at radius 1 is 0.966 bits per heavy atom. The quantitative estimate of drug-likeness (QED) is 0.578. The van der Waals surface area contributed by atoms with Crippen molar-refractivity contribution in [2.24, 2.45) is 0 Å². The first-order chi connectivity index (χ1) is 14.0. The van der Waals surface area contributed by atoms with Crippen LogP contribution in [0.4, 0.5) is 0 Å². The molecule has 1 atom stereocenters. The number of hydrogen-bond acceptors (Lipinski definition) is 4. The highest BCUT2D eigenvalue weighted by Crippen LogP contribution is 2.29. The fraction of sp³-hybridized carbons (Fsp3) is 0.458. The number of ether oxygens (including phenoxy) is 3. The van der Waals surface area contributed by atoms with Crippen molar-refractivity contribution in [2.75, 3.05) is 20.3 Å². The molecule has 2 rings (SSSR count). The molecule has 0 spiro atoms. The highest BCUT2D eigenvalue weighted by atomic mass is 16.5. The second-order valence-electron chi connectivity index (χ2n) is 6.90. The molecule has 29 heavy (non-hydrogen) atoms.